The molecule has 0 spiro atoms. The molecule has 0 amide bonds. The number of nitrogens with one attached hydrogen (secondary N) is 1. The minimum Gasteiger partial charge on any atom is -0.321 e. The molecule has 2 aromatic heterocycles. The van der Waals surface area contributed by atoms with E-state index in [0.717, 1.165) is 21.4 Å². The normalized spacial score (nSPS) is 15.8. The van der Waals surface area contributed by atoms with Crippen molar-refractivity contribution in [1.82, 2.24) is 19.7 Å². The zero-order chi connectivity index (χ0) is 24.2. The Morgan fingerprint density at radius 3 is 2.31 bits per heavy atom. The molecular formula is C25H15ClF3N5S. The molecule has 35 heavy (non-hydrogen) atoms. The summed E-state index contributed by atoms with van der Waals surface area (Å²) in [7, 11) is 0. The van der Waals surface area contributed by atoms with Gasteiger partial charge in [-0.15, -0.1) is 16.4 Å². The topological polar surface area (TPSA) is 55.6 Å². The number of halogens is 4. The fourth-order valence-corrected chi connectivity index (χ4v) is 5.27. The van der Waals surface area contributed by atoms with Gasteiger partial charge < -0.3 is 5.32 Å². The van der Waals surface area contributed by atoms with E-state index in [0.29, 0.717) is 21.3 Å². The van der Waals surface area contributed by atoms with Crippen LogP contribution in [0.2, 0.25) is 5.02 Å². The van der Waals surface area contributed by atoms with E-state index in [1.54, 1.807) is 24.3 Å². The van der Waals surface area contributed by atoms with Crippen molar-refractivity contribution in [1.29, 1.82) is 0 Å². The number of anilines is 1. The van der Waals surface area contributed by atoms with Crippen molar-refractivity contribution >= 4 is 50.4 Å². The highest BCUT2D eigenvalue weighted by atomic mass is 35.5. The van der Waals surface area contributed by atoms with Gasteiger partial charge in [-0.05, 0) is 35.4 Å². The molecule has 0 aliphatic carbocycles. The van der Waals surface area contributed by atoms with Crippen molar-refractivity contribution in [2.24, 2.45) is 0 Å². The molecule has 6 rings (SSSR count). The third kappa shape index (κ3) is 3.86. The van der Waals surface area contributed by atoms with E-state index in [-0.39, 0.29) is 5.95 Å². The zero-order valence-corrected chi connectivity index (χ0v) is 19.4. The SMILES string of the molecule is FC(F)(F)c1nc2n(n1)C(c1ccc(Cl)cc1)C(c1ccccc1)=C(c1nc3ccccc3s1)N2. The van der Waals surface area contributed by atoms with Gasteiger partial charge in [-0.1, -0.05) is 66.2 Å². The van der Waals surface area contributed by atoms with E-state index in [2.05, 4.69) is 15.4 Å². The molecule has 0 fully saturated rings. The smallest absolute Gasteiger partial charge is 0.321 e. The number of hydrogen-bond acceptors (Lipinski definition) is 5. The van der Waals surface area contributed by atoms with Crippen LogP contribution in [0.1, 0.15) is 28.0 Å². The Kier molecular flexibility index (Phi) is 5.12. The number of fused-ring (bicyclic) bond motifs is 2. The first-order chi connectivity index (χ1) is 16.9. The van der Waals surface area contributed by atoms with Crippen LogP contribution in [0.25, 0.3) is 21.5 Å². The molecule has 1 N–H and O–H groups in total. The summed E-state index contributed by atoms with van der Waals surface area (Å²) in [4.78, 5) is 8.59. The number of para-hydroxylation sites is 1. The molecule has 5 nitrogen and oxygen atoms in total. The molecule has 10 heteroatoms. The summed E-state index contributed by atoms with van der Waals surface area (Å²) in [6.45, 7) is 0. The Hall–Kier alpha value is -3.69. The highest BCUT2D eigenvalue weighted by Crippen LogP contribution is 2.46. The minimum absolute atomic E-state index is 0.00814. The fourth-order valence-electron chi connectivity index (χ4n) is 4.17. The third-order valence-corrected chi connectivity index (χ3v) is 6.99. The number of rotatable bonds is 3. The van der Waals surface area contributed by atoms with Crippen LogP contribution >= 0.6 is 22.9 Å². The Morgan fingerprint density at radius 1 is 0.886 bits per heavy atom. The van der Waals surface area contributed by atoms with Gasteiger partial charge in [-0.3, -0.25) is 0 Å². The van der Waals surface area contributed by atoms with Crippen LogP contribution in [0.4, 0.5) is 19.1 Å². The first kappa shape index (κ1) is 21.8. The molecule has 1 aliphatic heterocycles. The standard InChI is InChI=1S/C25H15ClF3N5S/c26-16-12-10-15(11-13-16)21-19(14-6-2-1-3-7-14)20(22-30-17-8-4-5-9-18(17)35-22)31-24-32-23(25(27,28)29)33-34(21)24/h1-13,21H,(H,31,32,33). The molecule has 1 aliphatic rings. The van der Waals surface area contributed by atoms with E-state index in [1.807, 2.05) is 54.6 Å². The second kappa shape index (κ2) is 8.21. The van der Waals surface area contributed by atoms with Gasteiger partial charge in [-0.25, -0.2) is 9.67 Å². The molecule has 3 heterocycles. The van der Waals surface area contributed by atoms with Gasteiger partial charge in [0.1, 0.15) is 11.0 Å². The molecule has 0 radical (unpaired) electrons. The second-order valence-corrected chi connectivity index (χ2v) is 9.39. The van der Waals surface area contributed by atoms with Crippen molar-refractivity contribution in [3.8, 4) is 0 Å². The number of benzene rings is 3. The van der Waals surface area contributed by atoms with Gasteiger partial charge >= 0.3 is 6.18 Å². The molecule has 0 bridgehead atoms. The summed E-state index contributed by atoms with van der Waals surface area (Å²) in [5, 5.41) is 8.17. The fraction of sp³-hybridized carbons (Fsp3) is 0.0800. The van der Waals surface area contributed by atoms with Crippen molar-refractivity contribution < 1.29 is 13.2 Å². The molecule has 0 saturated carbocycles. The summed E-state index contributed by atoms with van der Waals surface area (Å²) in [6, 6.07) is 23.5. The Labute approximate surface area is 206 Å². The highest BCUT2D eigenvalue weighted by molar-refractivity contribution is 7.19. The average molecular weight is 510 g/mol. The molecule has 3 aromatic carbocycles. The van der Waals surface area contributed by atoms with Crippen molar-refractivity contribution in [3.63, 3.8) is 0 Å². The van der Waals surface area contributed by atoms with E-state index in [4.69, 9.17) is 16.6 Å². The number of nitrogens with zero attached hydrogens (tertiary/aromatic N) is 4. The lowest BCUT2D eigenvalue weighted by Gasteiger charge is -2.30. The number of allylic oxidation sites excluding steroid dienone is 1. The van der Waals surface area contributed by atoms with Crippen LogP contribution in [0.5, 0.6) is 0 Å². The van der Waals surface area contributed by atoms with Crippen molar-refractivity contribution in [2.45, 2.75) is 12.2 Å². The van der Waals surface area contributed by atoms with Gasteiger partial charge in [0.25, 0.3) is 5.82 Å². The Bertz CT molecular complexity index is 1540. The van der Waals surface area contributed by atoms with Crippen LogP contribution in [0, 0.1) is 0 Å². The van der Waals surface area contributed by atoms with Gasteiger partial charge in [0.2, 0.25) is 5.95 Å². The first-order valence-electron chi connectivity index (χ1n) is 10.6. The average Bonchev–Trinajstić information content (AvgIpc) is 3.48. The van der Waals surface area contributed by atoms with E-state index >= 15 is 0 Å². The Morgan fingerprint density at radius 2 is 1.60 bits per heavy atom. The van der Waals surface area contributed by atoms with Gasteiger partial charge in [0, 0.05) is 10.6 Å². The van der Waals surface area contributed by atoms with Crippen LogP contribution in [0.15, 0.2) is 78.9 Å². The quantitative estimate of drug-likeness (QED) is 0.281. The van der Waals surface area contributed by atoms with Gasteiger partial charge in [0.15, 0.2) is 0 Å². The van der Waals surface area contributed by atoms with E-state index in [1.165, 1.54) is 16.0 Å². The maximum Gasteiger partial charge on any atom is 0.453 e. The molecule has 1 unspecified atom stereocenters. The summed E-state index contributed by atoms with van der Waals surface area (Å²) in [6.07, 6.45) is -4.69. The molecule has 174 valence electrons. The van der Waals surface area contributed by atoms with Gasteiger partial charge in [-0.2, -0.15) is 18.2 Å². The van der Waals surface area contributed by atoms with Crippen LogP contribution < -0.4 is 5.32 Å². The molecule has 1 atom stereocenters. The Balaban J connectivity index is 1.66. The largest absolute Gasteiger partial charge is 0.453 e. The highest BCUT2D eigenvalue weighted by Gasteiger charge is 2.41. The number of thiazole rings is 1. The van der Waals surface area contributed by atoms with E-state index < -0.39 is 18.0 Å². The second-order valence-electron chi connectivity index (χ2n) is 7.92. The maximum atomic E-state index is 13.6. The van der Waals surface area contributed by atoms with Crippen LogP contribution in [-0.4, -0.2) is 19.7 Å². The first-order valence-corrected chi connectivity index (χ1v) is 11.8. The molecule has 5 aromatic rings. The summed E-state index contributed by atoms with van der Waals surface area (Å²) in [5.41, 5.74) is 3.67. The molecular weight excluding hydrogens is 495 g/mol. The van der Waals surface area contributed by atoms with E-state index in [9.17, 15) is 13.2 Å². The minimum atomic E-state index is -4.69. The summed E-state index contributed by atoms with van der Waals surface area (Å²) < 4.78 is 43.1. The number of alkyl halides is 3. The maximum absolute atomic E-state index is 13.6. The third-order valence-electron chi connectivity index (χ3n) is 5.69. The van der Waals surface area contributed by atoms with Crippen LogP contribution in [-0.2, 0) is 6.18 Å². The summed E-state index contributed by atoms with van der Waals surface area (Å²) in [5.74, 6) is -1.22. The number of aromatic nitrogens is 4. The summed E-state index contributed by atoms with van der Waals surface area (Å²) >= 11 is 7.58. The van der Waals surface area contributed by atoms with Gasteiger partial charge in [0.05, 0.1) is 15.9 Å². The van der Waals surface area contributed by atoms with Crippen LogP contribution in [0.3, 0.4) is 0 Å². The van der Waals surface area contributed by atoms with Crippen molar-refractivity contribution in [2.75, 3.05) is 5.32 Å². The lowest BCUT2D eigenvalue weighted by atomic mass is 9.90. The number of hydrogen-bond donors (Lipinski definition) is 1. The predicted octanol–water partition coefficient (Wildman–Crippen LogP) is 7.14. The molecule has 0 saturated heterocycles. The lowest BCUT2D eigenvalue weighted by Crippen LogP contribution is -2.24. The predicted molar refractivity (Wildman–Crippen MR) is 131 cm³/mol. The monoisotopic (exact) mass is 509 g/mol. The van der Waals surface area contributed by atoms with Crippen molar-refractivity contribution in [3.05, 3.63) is 106 Å². The zero-order valence-electron chi connectivity index (χ0n) is 17.8. The lowest BCUT2D eigenvalue weighted by molar-refractivity contribution is -0.145.